The predicted molar refractivity (Wildman–Crippen MR) is 61.5 cm³/mol. The highest BCUT2D eigenvalue weighted by molar-refractivity contribution is 5.43. The summed E-state index contributed by atoms with van der Waals surface area (Å²) in [5, 5.41) is 3.11. The van der Waals surface area contributed by atoms with E-state index in [4.69, 9.17) is 9.47 Å². The second-order valence-corrected chi connectivity index (χ2v) is 3.68. The van der Waals surface area contributed by atoms with Crippen LogP contribution < -0.4 is 14.8 Å². The lowest BCUT2D eigenvalue weighted by molar-refractivity contribution is 0.230. The summed E-state index contributed by atoms with van der Waals surface area (Å²) in [6, 6.07) is 5.97. The van der Waals surface area contributed by atoms with Gasteiger partial charge in [0, 0.05) is 6.54 Å². The van der Waals surface area contributed by atoms with Gasteiger partial charge in [-0.15, -0.1) is 0 Å². The van der Waals surface area contributed by atoms with Gasteiger partial charge in [0.1, 0.15) is 0 Å². The molecule has 84 valence electrons. The van der Waals surface area contributed by atoms with Crippen LogP contribution in [0.15, 0.2) is 18.2 Å². The third-order valence-electron chi connectivity index (χ3n) is 1.97. The Hall–Kier alpha value is -1.22. The summed E-state index contributed by atoms with van der Waals surface area (Å²) >= 11 is 0. The fourth-order valence-corrected chi connectivity index (χ4v) is 1.38. The molecule has 1 aromatic carbocycles. The van der Waals surface area contributed by atoms with E-state index in [0.29, 0.717) is 0 Å². The Bertz CT molecular complexity index is 310. The molecule has 0 fully saturated rings. The summed E-state index contributed by atoms with van der Waals surface area (Å²) in [5.74, 6) is 1.59. The maximum atomic E-state index is 5.67. The molecule has 3 heteroatoms. The van der Waals surface area contributed by atoms with Crippen LogP contribution in [-0.2, 0) is 6.54 Å². The molecule has 0 heterocycles. The summed E-state index contributed by atoms with van der Waals surface area (Å²) in [5.41, 5.74) is 1.19. The van der Waals surface area contributed by atoms with Gasteiger partial charge in [0.05, 0.1) is 13.2 Å². The maximum Gasteiger partial charge on any atom is 0.161 e. The van der Waals surface area contributed by atoms with Crippen molar-refractivity contribution in [3.63, 3.8) is 0 Å². The van der Waals surface area contributed by atoms with Crippen LogP contribution in [0.5, 0.6) is 11.5 Å². The Morgan fingerprint density at radius 1 is 1.27 bits per heavy atom. The second-order valence-electron chi connectivity index (χ2n) is 3.68. The van der Waals surface area contributed by atoms with Crippen molar-refractivity contribution in [3.05, 3.63) is 23.8 Å². The minimum Gasteiger partial charge on any atom is -0.493 e. The van der Waals surface area contributed by atoms with E-state index in [2.05, 4.69) is 5.32 Å². The van der Waals surface area contributed by atoms with Gasteiger partial charge in [0.2, 0.25) is 0 Å². The van der Waals surface area contributed by atoms with Crippen LogP contribution in [0.25, 0.3) is 0 Å². The predicted octanol–water partition coefficient (Wildman–Crippen LogP) is 2.20. The zero-order valence-electron chi connectivity index (χ0n) is 9.83. The van der Waals surface area contributed by atoms with Crippen LogP contribution in [0.4, 0.5) is 0 Å². The van der Waals surface area contributed by atoms with Gasteiger partial charge in [-0.05, 0) is 38.6 Å². The van der Waals surface area contributed by atoms with Gasteiger partial charge in [-0.2, -0.15) is 0 Å². The molecule has 0 aliphatic carbocycles. The highest BCUT2D eigenvalue weighted by Gasteiger charge is 2.06. The number of methoxy groups -OCH3 is 1. The number of ether oxygens (including phenoxy) is 2. The summed E-state index contributed by atoms with van der Waals surface area (Å²) in [4.78, 5) is 0. The molecule has 0 aliphatic rings. The molecule has 1 aromatic rings. The van der Waals surface area contributed by atoms with E-state index in [1.807, 2.05) is 39.1 Å². The minimum absolute atomic E-state index is 0.156. The molecule has 0 aromatic heterocycles. The summed E-state index contributed by atoms with van der Waals surface area (Å²) in [6.07, 6.45) is 0.156. The highest BCUT2D eigenvalue weighted by atomic mass is 16.5. The SMILES string of the molecule is CNCc1ccc(OC)c(OC(C)C)c1. The highest BCUT2D eigenvalue weighted by Crippen LogP contribution is 2.28. The van der Waals surface area contributed by atoms with E-state index in [9.17, 15) is 0 Å². The van der Waals surface area contributed by atoms with E-state index in [1.165, 1.54) is 5.56 Å². The van der Waals surface area contributed by atoms with Gasteiger partial charge in [0.15, 0.2) is 11.5 Å². The lowest BCUT2D eigenvalue weighted by atomic mass is 10.2. The fourth-order valence-electron chi connectivity index (χ4n) is 1.38. The Morgan fingerprint density at radius 2 is 2.00 bits per heavy atom. The molecule has 1 N–H and O–H groups in total. The zero-order chi connectivity index (χ0) is 11.3. The molecule has 0 atom stereocenters. The molecule has 0 saturated heterocycles. The molecule has 0 unspecified atom stereocenters. The maximum absolute atomic E-state index is 5.67. The van der Waals surface area contributed by atoms with Crippen LogP contribution in [0.3, 0.4) is 0 Å². The van der Waals surface area contributed by atoms with Crippen molar-refractivity contribution in [2.24, 2.45) is 0 Å². The van der Waals surface area contributed by atoms with Crippen LogP contribution in [0, 0.1) is 0 Å². The average Bonchev–Trinajstić information content (AvgIpc) is 2.18. The molecule has 0 amide bonds. The van der Waals surface area contributed by atoms with E-state index in [0.717, 1.165) is 18.0 Å². The molecular weight excluding hydrogens is 190 g/mol. The van der Waals surface area contributed by atoms with Crippen LogP contribution in [0.2, 0.25) is 0 Å². The van der Waals surface area contributed by atoms with Crippen molar-refractivity contribution in [1.29, 1.82) is 0 Å². The van der Waals surface area contributed by atoms with Crippen molar-refractivity contribution >= 4 is 0 Å². The lowest BCUT2D eigenvalue weighted by Gasteiger charge is -2.14. The zero-order valence-corrected chi connectivity index (χ0v) is 9.83. The summed E-state index contributed by atoms with van der Waals surface area (Å²) in [7, 11) is 3.58. The van der Waals surface area contributed by atoms with Crippen molar-refractivity contribution in [3.8, 4) is 11.5 Å². The standard InChI is InChI=1S/C12H19NO2/c1-9(2)15-12-7-10(8-13-3)5-6-11(12)14-4/h5-7,9,13H,8H2,1-4H3. The molecule has 0 spiro atoms. The third kappa shape index (κ3) is 3.44. The molecule has 3 nitrogen and oxygen atoms in total. The van der Waals surface area contributed by atoms with Gasteiger partial charge in [0.25, 0.3) is 0 Å². The van der Waals surface area contributed by atoms with E-state index >= 15 is 0 Å². The van der Waals surface area contributed by atoms with E-state index < -0.39 is 0 Å². The smallest absolute Gasteiger partial charge is 0.161 e. The van der Waals surface area contributed by atoms with E-state index in [1.54, 1.807) is 7.11 Å². The monoisotopic (exact) mass is 209 g/mol. The molecule has 15 heavy (non-hydrogen) atoms. The van der Waals surface area contributed by atoms with Gasteiger partial charge in [-0.3, -0.25) is 0 Å². The van der Waals surface area contributed by atoms with Gasteiger partial charge in [-0.1, -0.05) is 6.07 Å². The molecule has 0 aliphatic heterocycles. The Morgan fingerprint density at radius 3 is 2.53 bits per heavy atom. The molecule has 0 saturated carbocycles. The third-order valence-corrected chi connectivity index (χ3v) is 1.97. The average molecular weight is 209 g/mol. The number of nitrogens with one attached hydrogen (secondary N) is 1. The Labute approximate surface area is 91.4 Å². The van der Waals surface area contributed by atoms with Crippen molar-refractivity contribution in [2.75, 3.05) is 14.2 Å². The van der Waals surface area contributed by atoms with Crippen molar-refractivity contribution in [2.45, 2.75) is 26.5 Å². The largest absolute Gasteiger partial charge is 0.493 e. The topological polar surface area (TPSA) is 30.5 Å². The van der Waals surface area contributed by atoms with Crippen LogP contribution in [0.1, 0.15) is 19.4 Å². The molecule has 1 rings (SSSR count). The van der Waals surface area contributed by atoms with E-state index in [-0.39, 0.29) is 6.10 Å². The summed E-state index contributed by atoms with van der Waals surface area (Å²) < 4.78 is 10.9. The van der Waals surface area contributed by atoms with Crippen LogP contribution >= 0.6 is 0 Å². The summed E-state index contributed by atoms with van der Waals surface area (Å²) in [6.45, 7) is 4.84. The number of rotatable bonds is 5. The van der Waals surface area contributed by atoms with Crippen molar-refractivity contribution < 1.29 is 9.47 Å². The Balaban J connectivity index is 2.91. The van der Waals surface area contributed by atoms with Crippen LogP contribution in [-0.4, -0.2) is 20.3 Å². The minimum atomic E-state index is 0.156. The molecular formula is C12H19NO2. The van der Waals surface area contributed by atoms with Crippen molar-refractivity contribution in [1.82, 2.24) is 5.32 Å². The lowest BCUT2D eigenvalue weighted by Crippen LogP contribution is -2.09. The quantitative estimate of drug-likeness (QED) is 0.806. The number of hydrogen-bond donors (Lipinski definition) is 1. The number of benzene rings is 1. The molecule has 0 radical (unpaired) electrons. The molecule has 0 bridgehead atoms. The number of hydrogen-bond acceptors (Lipinski definition) is 3. The fraction of sp³-hybridized carbons (Fsp3) is 0.500. The first kappa shape index (κ1) is 11.9. The van der Waals surface area contributed by atoms with Gasteiger partial charge >= 0.3 is 0 Å². The Kier molecular flexibility index (Phi) is 4.43. The first-order valence-corrected chi connectivity index (χ1v) is 5.15. The first-order valence-electron chi connectivity index (χ1n) is 5.15. The second kappa shape index (κ2) is 5.61. The van der Waals surface area contributed by atoms with Gasteiger partial charge < -0.3 is 14.8 Å². The first-order chi connectivity index (χ1) is 7.17. The van der Waals surface area contributed by atoms with Gasteiger partial charge in [-0.25, -0.2) is 0 Å². The normalized spacial score (nSPS) is 10.5.